The molecule has 2 rings (SSSR count). The molecule has 1 aromatic rings. The number of nitrogens with one attached hydrogen (secondary N) is 1. The molecule has 1 aromatic heterocycles. The first-order chi connectivity index (χ1) is 8.79. The SMILES string of the molecule is Cl.Cl.NCCC(=O)NC1CCCN(c2ncccn2)C1. The third-order valence-corrected chi connectivity index (χ3v) is 2.99. The largest absolute Gasteiger partial charge is 0.352 e. The highest BCUT2D eigenvalue weighted by molar-refractivity contribution is 5.85. The lowest BCUT2D eigenvalue weighted by Crippen LogP contribution is -2.48. The van der Waals surface area contributed by atoms with E-state index in [4.69, 9.17) is 5.73 Å². The first kappa shape index (κ1) is 18.9. The van der Waals surface area contributed by atoms with Gasteiger partial charge >= 0.3 is 0 Å². The average molecular weight is 322 g/mol. The summed E-state index contributed by atoms with van der Waals surface area (Å²) in [5.74, 6) is 0.758. The molecule has 0 aliphatic carbocycles. The standard InChI is InChI=1S/C12H19N5O.2ClH/c13-5-4-11(18)16-10-3-1-8-17(9-10)12-14-6-2-7-15-12;;/h2,6-7,10H,1,3-5,8-9,13H2,(H,16,18);2*1H. The van der Waals surface area contributed by atoms with Crippen LogP contribution in [-0.4, -0.2) is 41.6 Å². The Kier molecular flexibility index (Phi) is 9.20. The molecule has 8 heteroatoms. The van der Waals surface area contributed by atoms with Crippen LogP contribution in [0.5, 0.6) is 0 Å². The van der Waals surface area contributed by atoms with Gasteiger partial charge in [0.1, 0.15) is 0 Å². The van der Waals surface area contributed by atoms with Gasteiger partial charge in [-0.3, -0.25) is 4.79 Å². The van der Waals surface area contributed by atoms with E-state index in [0.717, 1.165) is 31.9 Å². The lowest BCUT2D eigenvalue weighted by molar-refractivity contribution is -0.121. The highest BCUT2D eigenvalue weighted by Crippen LogP contribution is 2.15. The van der Waals surface area contributed by atoms with Crippen molar-refractivity contribution in [2.75, 3.05) is 24.5 Å². The van der Waals surface area contributed by atoms with Gasteiger partial charge in [-0.1, -0.05) is 0 Å². The molecule has 1 saturated heterocycles. The van der Waals surface area contributed by atoms with Crippen LogP contribution >= 0.6 is 24.8 Å². The van der Waals surface area contributed by atoms with Gasteiger partial charge in [0.05, 0.1) is 0 Å². The van der Waals surface area contributed by atoms with Crippen molar-refractivity contribution >= 4 is 36.7 Å². The Morgan fingerprint density at radius 1 is 1.40 bits per heavy atom. The number of hydrogen-bond donors (Lipinski definition) is 2. The summed E-state index contributed by atoms with van der Waals surface area (Å²) in [4.78, 5) is 22.1. The van der Waals surface area contributed by atoms with Crippen LogP contribution in [0.25, 0.3) is 0 Å². The number of carbonyl (C=O) groups is 1. The zero-order valence-corrected chi connectivity index (χ0v) is 12.8. The van der Waals surface area contributed by atoms with Gasteiger partial charge in [0.2, 0.25) is 11.9 Å². The topological polar surface area (TPSA) is 84.1 Å². The number of hydrogen-bond acceptors (Lipinski definition) is 5. The fourth-order valence-corrected chi connectivity index (χ4v) is 2.16. The molecule has 3 N–H and O–H groups in total. The van der Waals surface area contributed by atoms with E-state index in [1.165, 1.54) is 0 Å². The van der Waals surface area contributed by atoms with Gasteiger partial charge in [-0.15, -0.1) is 24.8 Å². The van der Waals surface area contributed by atoms with Crippen LogP contribution in [0.3, 0.4) is 0 Å². The fourth-order valence-electron chi connectivity index (χ4n) is 2.16. The number of nitrogens with zero attached hydrogens (tertiary/aromatic N) is 3. The summed E-state index contributed by atoms with van der Waals surface area (Å²) < 4.78 is 0. The highest BCUT2D eigenvalue weighted by Gasteiger charge is 2.22. The summed E-state index contributed by atoms with van der Waals surface area (Å²) >= 11 is 0. The molecule has 1 aliphatic heterocycles. The number of carbonyl (C=O) groups excluding carboxylic acids is 1. The van der Waals surface area contributed by atoms with E-state index in [0.29, 0.717) is 13.0 Å². The van der Waals surface area contributed by atoms with Crippen molar-refractivity contribution in [3.05, 3.63) is 18.5 Å². The van der Waals surface area contributed by atoms with E-state index in [1.807, 2.05) is 0 Å². The van der Waals surface area contributed by atoms with Crippen molar-refractivity contribution in [2.45, 2.75) is 25.3 Å². The van der Waals surface area contributed by atoms with Gasteiger partial charge in [-0.25, -0.2) is 9.97 Å². The molecule has 2 heterocycles. The van der Waals surface area contributed by atoms with Crippen LogP contribution in [0.2, 0.25) is 0 Å². The molecule has 0 bridgehead atoms. The lowest BCUT2D eigenvalue weighted by Gasteiger charge is -2.33. The monoisotopic (exact) mass is 321 g/mol. The van der Waals surface area contributed by atoms with Crippen LogP contribution in [0.4, 0.5) is 5.95 Å². The molecule has 1 unspecified atom stereocenters. The molecule has 6 nitrogen and oxygen atoms in total. The van der Waals surface area contributed by atoms with Gasteiger partial charge in [-0.05, 0) is 18.9 Å². The number of amides is 1. The third-order valence-electron chi connectivity index (χ3n) is 2.99. The second-order valence-corrected chi connectivity index (χ2v) is 4.44. The molecule has 1 aliphatic rings. The molecule has 0 aromatic carbocycles. The molecule has 20 heavy (non-hydrogen) atoms. The number of piperidine rings is 1. The maximum absolute atomic E-state index is 11.5. The van der Waals surface area contributed by atoms with Crippen molar-refractivity contribution < 1.29 is 4.79 Å². The molecule has 1 fully saturated rings. The molecular formula is C12H21Cl2N5O. The zero-order chi connectivity index (χ0) is 12.8. The molecule has 0 saturated carbocycles. The normalized spacial score (nSPS) is 17.6. The second-order valence-electron chi connectivity index (χ2n) is 4.44. The molecule has 1 amide bonds. The van der Waals surface area contributed by atoms with Crippen molar-refractivity contribution in [1.82, 2.24) is 15.3 Å². The molecule has 0 radical (unpaired) electrons. The first-order valence-electron chi connectivity index (χ1n) is 6.31. The Morgan fingerprint density at radius 3 is 2.75 bits per heavy atom. The minimum absolute atomic E-state index is 0. The first-order valence-corrected chi connectivity index (χ1v) is 6.31. The number of aromatic nitrogens is 2. The summed E-state index contributed by atoms with van der Waals surface area (Å²) in [5.41, 5.74) is 5.36. The van der Waals surface area contributed by atoms with Crippen LogP contribution < -0.4 is 16.0 Å². The maximum atomic E-state index is 11.5. The van der Waals surface area contributed by atoms with E-state index in [1.54, 1.807) is 18.5 Å². The molecule has 0 spiro atoms. The van der Waals surface area contributed by atoms with E-state index in [-0.39, 0.29) is 36.8 Å². The minimum atomic E-state index is 0. The van der Waals surface area contributed by atoms with Crippen LogP contribution in [0.15, 0.2) is 18.5 Å². The fraction of sp³-hybridized carbons (Fsp3) is 0.583. The summed E-state index contributed by atoms with van der Waals surface area (Å²) in [6.45, 7) is 2.09. The Bertz CT molecular complexity index is 393. The average Bonchev–Trinajstić information content (AvgIpc) is 2.40. The summed E-state index contributed by atoms with van der Waals surface area (Å²) in [5, 5.41) is 3.00. The highest BCUT2D eigenvalue weighted by atomic mass is 35.5. The van der Waals surface area contributed by atoms with E-state index < -0.39 is 0 Å². The second kappa shape index (κ2) is 9.74. The summed E-state index contributed by atoms with van der Waals surface area (Å²) in [6, 6.07) is 1.97. The maximum Gasteiger partial charge on any atom is 0.225 e. The van der Waals surface area contributed by atoms with Gasteiger partial charge in [0, 0.05) is 44.5 Å². The van der Waals surface area contributed by atoms with E-state index >= 15 is 0 Å². The quantitative estimate of drug-likeness (QED) is 0.855. The number of rotatable bonds is 4. The molecular weight excluding hydrogens is 301 g/mol. The van der Waals surface area contributed by atoms with Crippen molar-refractivity contribution in [3.8, 4) is 0 Å². The zero-order valence-electron chi connectivity index (χ0n) is 11.2. The van der Waals surface area contributed by atoms with Gasteiger partial charge in [0.25, 0.3) is 0 Å². The minimum Gasteiger partial charge on any atom is -0.352 e. The predicted molar refractivity (Wildman–Crippen MR) is 83.6 cm³/mol. The van der Waals surface area contributed by atoms with E-state index in [2.05, 4.69) is 20.2 Å². The number of anilines is 1. The summed E-state index contributed by atoms with van der Waals surface area (Å²) in [7, 11) is 0. The molecule has 1 atom stereocenters. The Morgan fingerprint density at radius 2 is 2.10 bits per heavy atom. The smallest absolute Gasteiger partial charge is 0.225 e. The third kappa shape index (κ3) is 5.48. The number of halogens is 2. The van der Waals surface area contributed by atoms with Crippen molar-refractivity contribution in [2.24, 2.45) is 5.73 Å². The Balaban J connectivity index is 0.00000180. The van der Waals surface area contributed by atoms with Crippen LogP contribution in [0.1, 0.15) is 19.3 Å². The van der Waals surface area contributed by atoms with Crippen LogP contribution in [0, 0.1) is 0 Å². The van der Waals surface area contributed by atoms with E-state index in [9.17, 15) is 4.79 Å². The van der Waals surface area contributed by atoms with Gasteiger partial charge in [0.15, 0.2) is 0 Å². The Labute approximate surface area is 131 Å². The number of nitrogens with two attached hydrogens (primary N) is 1. The molecule has 114 valence electrons. The Hall–Kier alpha value is -1.11. The lowest BCUT2D eigenvalue weighted by atomic mass is 10.1. The summed E-state index contributed by atoms with van der Waals surface area (Å²) in [6.07, 6.45) is 5.89. The van der Waals surface area contributed by atoms with Crippen molar-refractivity contribution in [3.63, 3.8) is 0 Å². The van der Waals surface area contributed by atoms with Crippen LogP contribution in [-0.2, 0) is 4.79 Å². The predicted octanol–water partition coefficient (Wildman–Crippen LogP) is 0.754. The van der Waals surface area contributed by atoms with Gasteiger partial charge in [-0.2, -0.15) is 0 Å². The van der Waals surface area contributed by atoms with Crippen molar-refractivity contribution in [1.29, 1.82) is 0 Å². The van der Waals surface area contributed by atoms with Gasteiger partial charge < -0.3 is 16.0 Å².